The molecule has 0 saturated carbocycles. The molecule has 2 rings (SSSR count). The van der Waals surface area contributed by atoms with Gasteiger partial charge >= 0.3 is 0 Å². The van der Waals surface area contributed by atoms with E-state index in [0.29, 0.717) is 6.54 Å². The SMILES string of the molecule is CNc1ncnc(N(C)CC(=O)N2CCCC2)c1C. The Labute approximate surface area is 113 Å². The molecule has 2 heterocycles. The lowest BCUT2D eigenvalue weighted by molar-refractivity contribution is -0.128. The first kappa shape index (κ1) is 13.6. The lowest BCUT2D eigenvalue weighted by atomic mass is 10.3. The quantitative estimate of drug-likeness (QED) is 0.874. The van der Waals surface area contributed by atoms with Crippen LogP contribution in [0.3, 0.4) is 0 Å². The van der Waals surface area contributed by atoms with E-state index < -0.39 is 0 Å². The summed E-state index contributed by atoms with van der Waals surface area (Å²) in [6, 6.07) is 0. The fourth-order valence-corrected chi connectivity index (χ4v) is 2.42. The maximum Gasteiger partial charge on any atom is 0.242 e. The van der Waals surface area contributed by atoms with Gasteiger partial charge in [0.2, 0.25) is 5.91 Å². The van der Waals surface area contributed by atoms with E-state index in [1.54, 1.807) is 0 Å². The van der Waals surface area contributed by atoms with E-state index in [1.807, 2.05) is 30.8 Å². The van der Waals surface area contributed by atoms with E-state index in [4.69, 9.17) is 0 Å². The van der Waals surface area contributed by atoms with Crippen molar-refractivity contribution in [1.29, 1.82) is 0 Å². The maximum atomic E-state index is 12.1. The lowest BCUT2D eigenvalue weighted by Gasteiger charge is -2.23. The second-order valence-electron chi connectivity index (χ2n) is 4.86. The minimum atomic E-state index is 0.170. The molecule has 1 fully saturated rings. The summed E-state index contributed by atoms with van der Waals surface area (Å²) in [6.45, 7) is 4.09. The van der Waals surface area contributed by atoms with Crippen LogP contribution in [0.5, 0.6) is 0 Å². The fraction of sp³-hybridized carbons (Fsp3) is 0.615. The molecule has 0 unspecified atom stereocenters. The largest absolute Gasteiger partial charge is 0.373 e. The Morgan fingerprint density at radius 3 is 2.74 bits per heavy atom. The Kier molecular flexibility index (Phi) is 4.19. The number of hydrogen-bond acceptors (Lipinski definition) is 5. The maximum absolute atomic E-state index is 12.1. The van der Waals surface area contributed by atoms with Crippen LogP contribution >= 0.6 is 0 Å². The highest BCUT2D eigenvalue weighted by atomic mass is 16.2. The van der Waals surface area contributed by atoms with Gasteiger partial charge in [-0.05, 0) is 19.8 Å². The third-order valence-electron chi connectivity index (χ3n) is 3.49. The van der Waals surface area contributed by atoms with Crippen molar-refractivity contribution in [2.75, 3.05) is 43.9 Å². The molecule has 1 aliphatic rings. The number of likely N-dealkylation sites (tertiary alicyclic amines) is 1. The molecular formula is C13H21N5O. The fourth-order valence-electron chi connectivity index (χ4n) is 2.42. The third-order valence-corrected chi connectivity index (χ3v) is 3.49. The molecule has 0 aliphatic carbocycles. The second kappa shape index (κ2) is 5.86. The highest BCUT2D eigenvalue weighted by Crippen LogP contribution is 2.20. The summed E-state index contributed by atoms with van der Waals surface area (Å²) in [5, 5.41) is 3.03. The third kappa shape index (κ3) is 2.94. The molecule has 0 spiro atoms. The lowest BCUT2D eigenvalue weighted by Crippen LogP contribution is -2.37. The Morgan fingerprint density at radius 1 is 1.42 bits per heavy atom. The summed E-state index contributed by atoms with van der Waals surface area (Å²) < 4.78 is 0. The van der Waals surface area contributed by atoms with Crippen LogP contribution in [0, 0.1) is 6.92 Å². The van der Waals surface area contributed by atoms with Crippen LogP contribution in [0.25, 0.3) is 0 Å². The van der Waals surface area contributed by atoms with Gasteiger partial charge in [-0.25, -0.2) is 9.97 Å². The van der Waals surface area contributed by atoms with Crippen molar-refractivity contribution in [3.05, 3.63) is 11.9 Å². The molecule has 6 heteroatoms. The molecule has 0 radical (unpaired) electrons. The van der Waals surface area contributed by atoms with Crippen LogP contribution in [0.15, 0.2) is 6.33 Å². The van der Waals surface area contributed by atoms with Crippen molar-refractivity contribution in [2.45, 2.75) is 19.8 Å². The minimum absolute atomic E-state index is 0.170. The number of amides is 1. The molecule has 104 valence electrons. The van der Waals surface area contributed by atoms with Gasteiger partial charge in [0.05, 0.1) is 6.54 Å². The summed E-state index contributed by atoms with van der Waals surface area (Å²) in [5.41, 5.74) is 0.960. The molecule has 6 nitrogen and oxygen atoms in total. The van der Waals surface area contributed by atoms with Gasteiger partial charge in [-0.3, -0.25) is 4.79 Å². The zero-order valence-corrected chi connectivity index (χ0v) is 11.8. The summed E-state index contributed by atoms with van der Waals surface area (Å²) in [6.07, 6.45) is 3.75. The van der Waals surface area contributed by atoms with Gasteiger partial charge in [0.1, 0.15) is 18.0 Å². The zero-order chi connectivity index (χ0) is 13.8. The first-order chi connectivity index (χ1) is 9.13. The molecule has 1 amide bonds. The summed E-state index contributed by atoms with van der Waals surface area (Å²) in [7, 11) is 3.72. The van der Waals surface area contributed by atoms with Crippen LogP contribution in [0.2, 0.25) is 0 Å². The van der Waals surface area contributed by atoms with Gasteiger partial charge in [-0.2, -0.15) is 0 Å². The monoisotopic (exact) mass is 263 g/mol. The summed E-state index contributed by atoms with van der Waals surface area (Å²) in [4.78, 5) is 24.4. The van der Waals surface area contributed by atoms with Crippen molar-refractivity contribution >= 4 is 17.5 Å². The molecule has 0 aromatic carbocycles. The topological polar surface area (TPSA) is 61.4 Å². The predicted octanol–water partition coefficient (Wildman–Crippen LogP) is 0.885. The van der Waals surface area contributed by atoms with Gasteiger partial charge in [-0.15, -0.1) is 0 Å². The molecule has 1 aromatic rings. The highest BCUT2D eigenvalue weighted by Gasteiger charge is 2.20. The van der Waals surface area contributed by atoms with Crippen molar-refractivity contribution in [3.63, 3.8) is 0 Å². The average Bonchev–Trinajstić information content (AvgIpc) is 2.92. The number of nitrogens with zero attached hydrogens (tertiary/aromatic N) is 4. The van der Waals surface area contributed by atoms with Crippen LogP contribution in [-0.4, -0.2) is 54.5 Å². The first-order valence-electron chi connectivity index (χ1n) is 6.61. The number of likely N-dealkylation sites (N-methyl/N-ethyl adjacent to an activating group) is 1. The number of carbonyl (C=O) groups excluding carboxylic acids is 1. The minimum Gasteiger partial charge on any atom is -0.373 e. The van der Waals surface area contributed by atoms with Crippen molar-refractivity contribution in [3.8, 4) is 0 Å². The molecule has 1 saturated heterocycles. The van der Waals surface area contributed by atoms with Gasteiger partial charge in [0.15, 0.2) is 0 Å². The van der Waals surface area contributed by atoms with Crippen LogP contribution in [-0.2, 0) is 4.79 Å². The molecule has 19 heavy (non-hydrogen) atoms. The normalized spacial score (nSPS) is 14.6. The molecular weight excluding hydrogens is 242 g/mol. The van der Waals surface area contributed by atoms with Crippen LogP contribution in [0.4, 0.5) is 11.6 Å². The number of rotatable bonds is 4. The van der Waals surface area contributed by atoms with Gasteiger partial charge in [0, 0.05) is 32.7 Å². The average molecular weight is 263 g/mol. The van der Waals surface area contributed by atoms with Crippen molar-refractivity contribution in [1.82, 2.24) is 14.9 Å². The number of nitrogens with one attached hydrogen (secondary N) is 1. The number of carbonyl (C=O) groups is 1. The van der Waals surface area contributed by atoms with E-state index in [0.717, 1.165) is 43.1 Å². The number of aromatic nitrogens is 2. The van der Waals surface area contributed by atoms with Crippen molar-refractivity contribution < 1.29 is 4.79 Å². The van der Waals surface area contributed by atoms with E-state index in [9.17, 15) is 4.79 Å². The smallest absolute Gasteiger partial charge is 0.242 e. The van der Waals surface area contributed by atoms with Crippen LogP contribution in [0.1, 0.15) is 18.4 Å². The van der Waals surface area contributed by atoms with Gasteiger partial charge in [0.25, 0.3) is 0 Å². The second-order valence-corrected chi connectivity index (χ2v) is 4.86. The predicted molar refractivity (Wildman–Crippen MR) is 75.4 cm³/mol. The molecule has 1 aliphatic heterocycles. The van der Waals surface area contributed by atoms with Crippen molar-refractivity contribution in [2.24, 2.45) is 0 Å². The van der Waals surface area contributed by atoms with Gasteiger partial charge < -0.3 is 15.1 Å². The molecule has 0 bridgehead atoms. The molecule has 1 aromatic heterocycles. The summed E-state index contributed by atoms with van der Waals surface area (Å²) in [5.74, 6) is 1.77. The molecule has 0 atom stereocenters. The first-order valence-corrected chi connectivity index (χ1v) is 6.61. The van der Waals surface area contributed by atoms with E-state index in [-0.39, 0.29) is 5.91 Å². The van der Waals surface area contributed by atoms with Crippen LogP contribution < -0.4 is 10.2 Å². The Balaban J connectivity index is 2.07. The van der Waals surface area contributed by atoms with Gasteiger partial charge in [-0.1, -0.05) is 0 Å². The highest BCUT2D eigenvalue weighted by molar-refractivity contribution is 5.81. The number of anilines is 2. The van der Waals surface area contributed by atoms with E-state index in [2.05, 4.69) is 15.3 Å². The summed E-state index contributed by atoms with van der Waals surface area (Å²) >= 11 is 0. The Hall–Kier alpha value is -1.85. The van der Waals surface area contributed by atoms with E-state index >= 15 is 0 Å². The Morgan fingerprint density at radius 2 is 2.11 bits per heavy atom. The Bertz CT molecular complexity index is 456. The van der Waals surface area contributed by atoms with E-state index in [1.165, 1.54) is 6.33 Å². The molecule has 1 N–H and O–H groups in total. The number of hydrogen-bond donors (Lipinski definition) is 1. The zero-order valence-electron chi connectivity index (χ0n) is 11.8. The standard InChI is InChI=1S/C13H21N5O/c1-10-12(14-2)15-9-16-13(10)17(3)8-11(19)18-6-4-5-7-18/h9H,4-8H2,1-3H3,(H,14,15,16).